The van der Waals surface area contributed by atoms with Crippen LogP contribution in [0, 0.1) is 6.92 Å². The van der Waals surface area contributed by atoms with Crippen LogP contribution in [0.5, 0.6) is 0 Å². The lowest BCUT2D eigenvalue weighted by Crippen LogP contribution is -2.31. The molecule has 2 aromatic rings. The molecule has 18 heavy (non-hydrogen) atoms. The van der Waals surface area contributed by atoms with Crippen molar-refractivity contribution in [2.45, 2.75) is 19.4 Å². The van der Waals surface area contributed by atoms with Crippen molar-refractivity contribution in [2.24, 2.45) is 7.05 Å². The molecule has 0 amide bonds. The van der Waals surface area contributed by atoms with Gasteiger partial charge in [-0.25, -0.2) is 9.13 Å². The number of imidazole rings is 1. The number of nitrogens with zero attached hydrogens (tertiary/aromatic N) is 2. The SMILES string of the molecule is Cc1n(C(CC(=O)O)c2ccccc2)cc[n+]1C. The van der Waals surface area contributed by atoms with Gasteiger partial charge in [-0.3, -0.25) is 4.79 Å². The molecule has 0 fully saturated rings. The van der Waals surface area contributed by atoms with Crippen LogP contribution >= 0.6 is 0 Å². The zero-order chi connectivity index (χ0) is 13.1. The van der Waals surface area contributed by atoms with Gasteiger partial charge in [-0.05, 0) is 5.56 Å². The fourth-order valence-electron chi connectivity index (χ4n) is 2.12. The smallest absolute Gasteiger partial charge is 0.308 e. The second-order valence-corrected chi connectivity index (χ2v) is 4.39. The third-order valence-corrected chi connectivity index (χ3v) is 3.22. The Kier molecular flexibility index (Phi) is 3.46. The Labute approximate surface area is 106 Å². The maximum atomic E-state index is 11.1. The third-order valence-electron chi connectivity index (χ3n) is 3.22. The summed E-state index contributed by atoms with van der Waals surface area (Å²) in [6.07, 6.45) is 3.95. The predicted molar refractivity (Wildman–Crippen MR) is 67.2 cm³/mol. The molecule has 1 N–H and O–H groups in total. The Hall–Kier alpha value is -2.10. The van der Waals surface area contributed by atoms with E-state index in [-0.39, 0.29) is 12.5 Å². The van der Waals surface area contributed by atoms with Gasteiger partial charge >= 0.3 is 5.97 Å². The lowest BCUT2D eigenvalue weighted by atomic mass is 10.0. The molecule has 0 aliphatic rings. The minimum atomic E-state index is -0.792. The summed E-state index contributed by atoms with van der Waals surface area (Å²) in [4.78, 5) is 11.1. The van der Waals surface area contributed by atoms with E-state index in [4.69, 9.17) is 5.11 Å². The number of rotatable bonds is 4. The molecule has 0 radical (unpaired) electrons. The van der Waals surface area contributed by atoms with E-state index < -0.39 is 5.97 Å². The highest BCUT2D eigenvalue weighted by atomic mass is 16.4. The van der Waals surface area contributed by atoms with E-state index in [0.717, 1.165) is 11.4 Å². The fourth-order valence-corrected chi connectivity index (χ4v) is 2.12. The number of hydrogen-bond acceptors (Lipinski definition) is 1. The van der Waals surface area contributed by atoms with E-state index >= 15 is 0 Å². The van der Waals surface area contributed by atoms with Gasteiger partial charge in [0.05, 0.1) is 13.5 Å². The lowest BCUT2D eigenvalue weighted by molar-refractivity contribution is -0.677. The number of hydrogen-bond donors (Lipinski definition) is 1. The van der Waals surface area contributed by atoms with Gasteiger partial charge in [0.2, 0.25) is 0 Å². The molecular formula is C14H17N2O2+. The Morgan fingerprint density at radius 1 is 1.39 bits per heavy atom. The first-order chi connectivity index (χ1) is 8.59. The molecular weight excluding hydrogens is 228 g/mol. The van der Waals surface area contributed by atoms with Crippen LogP contribution in [0.1, 0.15) is 23.9 Å². The molecule has 0 aliphatic heterocycles. The van der Waals surface area contributed by atoms with E-state index in [1.54, 1.807) is 0 Å². The van der Waals surface area contributed by atoms with Crippen molar-refractivity contribution in [1.82, 2.24) is 4.57 Å². The van der Waals surface area contributed by atoms with Crippen LogP contribution in [-0.4, -0.2) is 15.6 Å². The van der Waals surface area contributed by atoms with Gasteiger partial charge in [0.15, 0.2) is 0 Å². The van der Waals surface area contributed by atoms with Crippen LogP contribution in [0.15, 0.2) is 42.7 Å². The quantitative estimate of drug-likeness (QED) is 0.833. The van der Waals surface area contributed by atoms with Gasteiger partial charge < -0.3 is 5.11 Å². The van der Waals surface area contributed by atoms with Gasteiger partial charge in [0.1, 0.15) is 18.4 Å². The van der Waals surface area contributed by atoms with Crippen LogP contribution in [0.3, 0.4) is 0 Å². The highest BCUT2D eigenvalue weighted by molar-refractivity contribution is 5.68. The summed E-state index contributed by atoms with van der Waals surface area (Å²) in [7, 11) is 1.95. The zero-order valence-corrected chi connectivity index (χ0v) is 10.6. The maximum absolute atomic E-state index is 11.1. The van der Waals surface area contributed by atoms with Gasteiger partial charge in [-0.1, -0.05) is 30.3 Å². The predicted octanol–water partition coefficient (Wildman–Crippen LogP) is 1.69. The summed E-state index contributed by atoms with van der Waals surface area (Å²) < 4.78 is 3.99. The number of carboxylic acids is 1. The van der Waals surface area contributed by atoms with E-state index in [2.05, 4.69) is 0 Å². The summed E-state index contributed by atoms with van der Waals surface area (Å²) in [6, 6.07) is 9.57. The van der Waals surface area contributed by atoms with E-state index in [0.29, 0.717) is 0 Å². The molecule has 0 aliphatic carbocycles. The molecule has 2 rings (SSSR count). The monoisotopic (exact) mass is 245 g/mol. The number of carbonyl (C=O) groups is 1. The van der Waals surface area contributed by atoms with Crippen LogP contribution in [0.4, 0.5) is 0 Å². The van der Waals surface area contributed by atoms with Gasteiger partial charge in [-0.15, -0.1) is 0 Å². The molecule has 4 heteroatoms. The summed E-state index contributed by atoms with van der Waals surface area (Å²) in [6.45, 7) is 1.98. The molecule has 1 aromatic heterocycles. The Morgan fingerprint density at radius 2 is 2.06 bits per heavy atom. The van der Waals surface area contributed by atoms with Gasteiger partial charge in [0.25, 0.3) is 5.82 Å². The average Bonchev–Trinajstić information content (AvgIpc) is 2.68. The molecule has 1 heterocycles. The van der Waals surface area contributed by atoms with Crippen LogP contribution < -0.4 is 4.57 Å². The molecule has 0 saturated heterocycles. The second-order valence-electron chi connectivity index (χ2n) is 4.39. The van der Waals surface area contributed by atoms with Crippen LogP contribution in [0.25, 0.3) is 0 Å². The van der Waals surface area contributed by atoms with Crippen molar-refractivity contribution in [3.8, 4) is 0 Å². The Balaban J connectivity index is 2.43. The minimum Gasteiger partial charge on any atom is -0.481 e. The van der Waals surface area contributed by atoms with Crippen molar-refractivity contribution in [3.63, 3.8) is 0 Å². The molecule has 0 spiro atoms. The summed E-state index contributed by atoms with van der Waals surface area (Å²) >= 11 is 0. The second kappa shape index (κ2) is 5.04. The molecule has 1 aromatic carbocycles. The highest BCUT2D eigenvalue weighted by Crippen LogP contribution is 2.22. The molecule has 4 nitrogen and oxygen atoms in total. The first-order valence-electron chi connectivity index (χ1n) is 5.89. The number of aryl methyl sites for hydroxylation is 1. The first-order valence-corrected chi connectivity index (χ1v) is 5.89. The van der Waals surface area contributed by atoms with Crippen molar-refractivity contribution in [2.75, 3.05) is 0 Å². The number of benzene rings is 1. The summed E-state index contributed by atoms with van der Waals surface area (Å²) in [5.41, 5.74) is 1.01. The normalized spacial score (nSPS) is 12.3. The minimum absolute atomic E-state index is 0.0829. The lowest BCUT2D eigenvalue weighted by Gasteiger charge is -2.13. The van der Waals surface area contributed by atoms with Gasteiger partial charge in [0, 0.05) is 6.92 Å². The van der Waals surface area contributed by atoms with Crippen molar-refractivity contribution >= 4 is 5.97 Å². The van der Waals surface area contributed by atoms with E-state index in [1.165, 1.54) is 0 Å². The number of aromatic nitrogens is 2. The topological polar surface area (TPSA) is 46.1 Å². The molecule has 1 atom stereocenters. The van der Waals surface area contributed by atoms with Crippen LogP contribution in [-0.2, 0) is 11.8 Å². The Morgan fingerprint density at radius 3 is 2.56 bits per heavy atom. The molecule has 1 unspecified atom stereocenters. The summed E-state index contributed by atoms with van der Waals surface area (Å²) in [5, 5.41) is 9.08. The van der Waals surface area contributed by atoms with Crippen LogP contribution in [0.2, 0.25) is 0 Å². The summed E-state index contributed by atoms with van der Waals surface area (Å²) in [5.74, 6) is 0.240. The Bertz CT molecular complexity index is 546. The van der Waals surface area contributed by atoms with Gasteiger partial charge in [-0.2, -0.15) is 0 Å². The number of aliphatic carboxylic acids is 1. The zero-order valence-electron chi connectivity index (χ0n) is 10.6. The highest BCUT2D eigenvalue weighted by Gasteiger charge is 2.24. The average molecular weight is 245 g/mol. The molecule has 0 saturated carbocycles. The fraction of sp³-hybridized carbons (Fsp3) is 0.286. The van der Waals surface area contributed by atoms with Crippen molar-refractivity contribution in [1.29, 1.82) is 0 Å². The van der Waals surface area contributed by atoms with Crippen molar-refractivity contribution < 1.29 is 14.5 Å². The molecule has 0 bridgehead atoms. The van der Waals surface area contributed by atoms with E-state index in [1.807, 2.05) is 65.8 Å². The largest absolute Gasteiger partial charge is 0.481 e. The third kappa shape index (κ3) is 2.42. The van der Waals surface area contributed by atoms with Crippen molar-refractivity contribution in [3.05, 3.63) is 54.1 Å². The standard InChI is InChI=1S/C14H16N2O2/c1-11-15(2)8-9-16(11)13(10-14(17)18)12-6-4-3-5-7-12/h3-9,13H,10H2,1-2H3/p+1. The number of carboxylic acid groups (broad SMARTS) is 1. The first kappa shape index (κ1) is 12.4. The molecule has 94 valence electrons. The van der Waals surface area contributed by atoms with E-state index in [9.17, 15) is 4.79 Å². The maximum Gasteiger partial charge on any atom is 0.308 e.